The van der Waals surface area contributed by atoms with Crippen molar-refractivity contribution < 1.29 is 4.52 Å². The van der Waals surface area contributed by atoms with E-state index >= 15 is 0 Å². The maximum absolute atomic E-state index is 5.43. The van der Waals surface area contributed by atoms with E-state index in [0.717, 1.165) is 57.2 Å². The van der Waals surface area contributed by atoms with Gasteiger partial charge in [-0.1, -0.05) is 23.4 Å². The van der Waals surface area contributed by atoms with Crippen LogP contribution in [-0.4, -0.2) is 34.7 Å². The Morgan fingerprint density at radius 3 is 2.76 bits per heavy atom. The summed E-state index contributed by atoms with van der Waals surface area (Å²) in [6.45, 7) is 4.35. The maximum Gasteiger partial charge on any atom is 0.229 e. The molecule has 0 atom stereocenters. The number of hydrogen-bond acceptors (Lipinski definition) is 5. The van der Waals surface area contributed by atoms with Gasteiger partial charge in [0.2, 0.25) is 5.89 Å². The zero-order valence-corrected chi connectivity index (χ0v) is 15.2. The molecule has 2 fully saturated rings. The molecular weight excluding hydrogens is 336 g/mol. The first-order valence-corrected chi connectivity index (χ1v) is 9.27. The van der Waals surface area contributed by atoms with Crippen LogP contribution in [0.15, 0.2) is 22.7 Å². The monoisotopic (exact) mass is 360 g/mol. The number of piperidine rings is 1. The van der Waals surface area contributed by atoms with E-state index in [2.05, 4.69) is 38.6 Å². The fraction of sp³-hybridized carbons (Fsp3) is 0.579. The third-order valence-corrected chi connectivity index (χ3v) is 5.66. The Hall–Kier alpha value is -1.59. The minimum Gasteiger partial charge on any atom is -0.384 e. The molecule has 5 nitrogen and oxygen atoms in total. The minimum atomic E-state index is 0. The fourth-order valence-electron chi connectivity index (χ4n) is 4.04. The van der Waals surface area contributed by atoms with E-state index in [1.54, 1.807) is 0 Å². The van der Waals surface area contributed by atoms with Gasteiger partial charge in [0.05, 0.1) is 0 Å². The van der Waals surface area contributed by atoms with Crippen molar-refractivity contribution in [3.63, 3.8) is 0 Å². The highest BCUT2D eigenvalue weighted by molar-refractivity contribution is 5.85. The molecule has 0 bridgehead atoms. The van der Waals surface area contributed by atoms with Gasteiger partial charge in [-0.15, -0.1) is 12.4 Å². The molecular formula is C19H25ClN4O. The van der Waals surface area contributed by atoms with Crippen LogP contribution in [0.1, 0.15) is 60.4 Å². The number of halogens is 1. The van der Waals surface area contributed by atoms with Crippen molar-refractivity contribution >= 4 is 18.1 Å². The highest BCUT2D eigenvalue weighted by Crippen LogP contribution is 2.40. The van der Waals surface area contributed by atoms with Crippen LogP contribution in [-0.2, 0) is 13.0 Å². The van der Waals surface area contributed by atoms with Crippen molar-refractivity contribution in [2.24, 2.45) is 0 Å². The van der Waals surface area contributed by atoms with Crippen molar-refractivity contribution in [3.8, 4) is 0 Å². The van der Waals surface area contributed by atoms with Crippen LogP contribution in [0.25, 0.3) is 0 Å². The minimum absolute atomic E-state index is 0. The van der Waals surface area contributed by atoms with Crippen LogP contribution in [0.3, 0.4) is 0 Å². The number of fused-ring (bicyclic) bond motifs is 1. The lowest BCUT2D eigenvalue weighted by Gasteiger charge is -2.31. The van der Waals surface area contributed by atoms with Gasteiger partial charge in [0.15, 0.2) is 5.82 Å². The molecule has 1 aromatic carbocycles. The second-order valence-corrected chi connectivity index (χ2v) is 7.44. The summed E-state index contributed by atoms with van der Waals surface area (Å²) in [7, 11) is 0. The fourth-order valence-corrected chi connectivity index (χ4v) is 4.04. The largest absolute Gasteiger partial charge is 0.384 e. The number of para-hydroxylation sites is 1. The standard InChI is InChI=1S/C19H24N4O.ClH/c1-2-13-6-9-20-17(13)16(3-1)12-23-10-7-14(8-11-23)18-21-19(24-22-18)15-4-5-15;/h1-3,14-15,20H,4-12H2;1H. The highest BCUT2D eigenvalue weighted by atomic mass is 35.5. The molecule has 0 spiro atoms. The molecule has 134 valence electrons. The van der Waals surface area contributed by atoms with Crippen LogP contribution in [0.2, 0.25) is 0 Å². The molecule has 1 aliphatic carbocycles. The van der Waals surface area contributed by atoms with Gasteiger partial charge in [0, 0.05) is 30.6 Å². The first-order valence-electron chi connectivity index (χ1n) is 9.27. The van der Waals surface area contributed by atoms with Gasteiger partial charge in [-0.25, -0.2) is 0 Å². The molecule has 0 unspecified atom stereocenters. The molecule has 1 saturated carbocycles. The third kappa shape index (κ3) is 3.40. The van der Waals surface area contributed by atoms with Crippen LogP contribution in [0, 0.1) is 0 Å². The highest BCUT2D eigenvalue weighted by Gasteiger charge is 2.32. The summed E-state index contributed by atoms with van der Waals surface area (Å²) >= 11 is 0. The Kier molecular flexibility index (Phi) is 4.69. The number of aromatic nitrogens is 2. The molecule has 1 aromatic heterocycles. The summed E-state index contributed by atoms with van der Waals surface area (Å²) in [4.78, 5) is 7.21. The first-order chi connectivity index (χ1) is 11.9. The van der Waals surface area contributed by atoms with E-state index < -0.39 is 0 Å². The average Bonchev–Trinajstić information content (AvgIpc) is 3.15. The lowest BCUT2D eigenvalue weighted by Crippen LogP contribution is -2.33. The summed E-state index contributed by atoms with van der Waals surface area (Å²) < 4.78 is 5.43. The van der Waals surface area contributed by atoms with Crippen molar-refractivity contribution in [1.29, 1.82) is 0 Å². The predicted octanol–water partition coefficient (Wildman–Crippen LogP) is 3.72. The van der Waals surface area contributed by atoms with Crippen molar-refractivity contribution in [2.75, 3.05) is 25.0 Å². The molecule has 0 amide bonds. The molecule has 1 N–H and O–H groups in total. The number of rotatable bonds is 4. The smallest absolute Gasteiger partial charge is 0.229 e. The van der Waals surface area contributed by atoms with Gasteiger partial charge in [-0.3, -0.25) is 4.90 Å². The summed E-state index contributed by atoms with van der Waals surface area (Å²) in [6, 6.07) is 6.72. The second-order valence-electron chi connectivity index (χ2n) is 7.44. The van der Waals surface area contributed by atoms with Crippen molar-refractivity contribution in [3.05, 3.63) is 41.0 Å². The molecule has 3 heterocycles. The van der Waals surface area contributed by atoms with Gasteiger partial charge in [-0.05, 0) is 56.3 Å². The molecule has 2 aliphatic heterocycles. The number of likely N-dealkylation sites (tertiary alicyclic amines) is 1. The third-order valence-electron chi connectivity index (χ3n) is 5.66. The quantitative estimate of drug-likeness (QED) is 0.900. The van der Waals surface area contributed by atoms with Crippen LogP contribution < -0.4 is 5.32 Å². The molecule has 0 radical (unpaired) electrons. The molecule has 6 heteroatoms. The van der Waals surface area contributed by atoms with Gasteiger partial charge >= 0.3 is 0 Å². The number of nitrogens with zero attached hydrogens (tertiary/aromatic N) is 3. The first kappa shape index (κ1) is 16.9. The van der Waals surface area contributed by atoms with E-state index in [0.29, 0.717) is 11.8 Å². The maximum atomic E-state index is 5.43. The Morgan fingerprint density at radius 1 is 1.12 bits per heavy atom. The molecule has 1 saturated heterocycles. The number of anilines is 1. The molecule has 25 heavy (non-hydrogen) atoms. The lowest BCUT2D eigenvalue weighted by atomic mass is 9.95. The SMILES string of the molecule is Cl.c1cc2c(c(CN3CCC(c4noc(C5CC5)n4)CC3)c1)NCC2. The van der Waals surface area contributed by atoms with Gasteiger partial charge in [0.1, 0.15) is 0 Å². The molecule has 5 rings (SSSR count). The van der Waals surface area contributed by atoms with Crippen molar-refractivity contribution in [2.45, 2.75) is 50.5 Å². The van der Waals surface area contributed by atoms with Crippen molar-refractivity contribution in [1.82, 2.24) is 15.0 Å². The Balaban J connectivity index is 0.00000157. The zero-order chi connectivity index (χ0) is 15.9. The molecule has 2 aromatic rings. The Bertz CT molecular complexity index is 735. The van der Waals surface area contributed by atoms with Gasteiger partial charge in [-0.2, -0.15) is 4.98 Å². The summed E-state index contributed by atoms with van der Waals surface area (Å²) in [5.41, 5.74) is 4.30. The van der Waals surface area contributed by atoms with Crippen LogP contribution in [0.4, 0.5) is 5.69 Å². The number of benzene rings is 1. The lowest BCUT2D eigenvalue weighted by molar-refractivity contribution is 0.200. The van der Waals surface area contributed by atoms with E-state index in [1.165, 1.54) is 29.7 Å². The summed E-state index contributed by atoms with van der Waals surface area (Å²) in [6.07, 6.45) is 5.86. The van der Waals surface area contributed by atoms with Gasteiger partial charge in [0.25, 0.3) is 0 Å². The van der Waals surface area contributed by atoms with E-state index in [1.807, 2.05) is 0 Å². The zero-order valence-electron chi connectivity index (χ0n) is 14.4. The number of hydrogen-bond donors (Lipinski definition) is 1. The Labute approximate surface area is 154 Å². The van der Waals surface area contributed by atoms with Gasteiger partial charge < -0.3 is 9.84 Å². The normalized spacial score (nSPS) is 20.8. The average molecular weight is 361 g/mol. The van der Waals surface area contributed by atoms with E-state index in [9.17, 15) is 0 Å². The van der Waals surface area contributed by atoms with E-state index in [-0.39, 0.29) is 12.4 Å². The summed E-state index contributed by atoms with van der Waals surface area (Å²) in [5, 5.41) is 7.80. The second kappa shape index (κ2) is 6.96. The topological polar surface area (TPSA) is 54.2 Å². The van der Waals surface area contributed by atoms with Crippen LogP contribution >= 0.6 is 12.4 Å². The predicted molar refractivity (Wildman–Crippen MR) is 99.4 cm³/mol. The van der Waals surface area contributed by atoms with E-state index in [4.69, 9.17) is 4.52 Å². The molecule has 3 aliphatic rings. The van der Waals surface area contributed by atoms with Crippen LogP contribution in [0.5, 0.6) is 0 Å². The number of nitrogens with one attached hydrogen (secondary N) is 1. The Morgan fingerprint density at radius 2 is 1.96 bits per heavy atom. The summed E-state index contributed by atoms with van der Waals surface area (Å²) in [5.74, 6) is 2.84.